The van der Waals surface area contributed by atoms with E-state index >= 15 is 0 Å². The Morgan fingerprint density at radius 2 is 1.95 bits per heavy atom. The van der Waals surface area contributed by atoms with Crippen LogP contribution in [0, 0.1) is 0 Å². The highest BCUT2D eigenvalue weighted by molar-refractivity contribution is 7.84. The Hall–Kier alpha value is -1.64. The van der Waals surface area contributed by atoms with Gasteiger partial charge in [0.05, 0.1) is 26.4 Å². The van der Waals surface area contributed by atoms with Crippen LogP contribution in [0.4, 0.5) is 4.79 Å². The van der Waals surface area contributed by atoms with Gasteiger partial charge in [0.2, 0.25) is 0 Å². The van der Waals surface area contributed by atoms with Gasteiger partial charge in [0.1, 0.15) is 6.61 Å². The Kier molecular flexibility index (Phi) is 4.94. The highest BCUT2D eigenvalue weighted by atomic mass is 32.2. The molecule has 1 aliphatic rings. The molecule has 0 aliphatic carbocycles. The first kappa shape index (κ1) is 14.8. The molecule has 1 aromatic rings. The predicted octanol–water partition coefficient (Wildman–Crippen LogP) is 0.917. The van der Waals surface area contributed by atoms with Gasteiger partial charge in [-0.2, -0.15) is 12.7 Å². The zero-order chi connectivity index (χ0) is 14.4. The SMILES string of the molecule is O=C1OCCN1S(=O)(=O)OCCOCc1ccccc1. The van der Waals surface area contributed by atoms with Gasteiger partial charge in [0.15, 0.2) is 0 Å². The topological polar surface area (TPSA) is 82.1 Å². The third-order valence-electron chi connectivity index (χ3n) is 2.56. The van der Waals surface area contributed by atoms with E-state index in [0.29, 0.717) is 10.9 Å². The van der Waals surface area contributed by atoms with Crippen LogP contribution in [0.5, 0.6) is 0 Å². The number of ether oxygens (including phenoxy) is 2. The maximum Gasteiger partial charge on any atom is 0.425 e. The van der Waals surface area contributed by atoms with Crippen LogP contribution in [0.1, 0.15) is 5.56 Å². The van der Waals surface area contributed by atoms with E-state index in [1.54, 1.807) is 0 Å². The van der Waals surface area contributed by atoms with Crippen LogP contribution in [-0.4, -0.2) is 45.2 Å². The lowest BCUT2D eigenvalue weighted by atomic mass is 10.2. The van der Waals surface area contributed by atoms with Crippen LogP contribution < -0.4 is 0 Å². The second kappa shape index (κ2) is 6.69. The number of hydrogen-bond acceptors (Lipinski definition) is 6. The summed E-state index contributed by atoms with van der Waals surface area (Å²) in [5, 5.41) is 0. The van der Waals surface area contributed by atoms with Crippen molar-refractivity contribution in [2.45, 2.75) is 6.61 Å². The minimum Gasteiger partial charge on any atom is -0.447 e. The van der Waals surface area contributed by atoms with Gasteiger partial charge in [0, 0.05) is 0 Å². The molecular formula is C12H15NO6S. The van der Waals surface area contributed by atoms with E-state index < -0.39 is 16.4 Å². The quantitative estimate of drug-likeness (QED) is 0.696. The molecule has 110 valence electrons. The molecule has 7 nitrogen and oxygen atoms in total. The lowest BCUT2D eigenvalue weighted by molar-refractivity contribution is 0.0882. The summed E-state index contributed by atoms with van der Waals surface area (Å²) in [6.07, 6.45) is -0.907. The molecule has 20 heavy (non-hydrogen) atoms. The van der Waals surface area contributed by atoms with Gasteiger partial charge >= 0.3 is 16.4 Å². The van der Waals surface area contributed by atoms with Gasteiger partial charge in [0.25, 0.3) is 0 Å². The van der Waals surface area contributed by atoms with E-state index in [0.717, 1.165) is 5.56 Å². The summed E-state index contributed by atoms with van der Waals surface area (Å²) in [5.74, 6) is 0. The van der Waals surface area contributed by atoms with Crippen LogP contribution in [0.15, 0.2) is 30.3 Å². The number of amides is 1. The average molecular weight is 301 g/mol. The Bertz CT molecular complexity index is 544. The van der Waals surface area contributed by atoms with Crippen molar-refractivity contribution in [3.05, 3.63) is 35.9 Å². The summed E-state index contributed by atoms with van der Waals surface area (Å²) < 4.78 is 38.3. The first-order valence-corrected chi connectivity index (χ1v) is 7.41. The fourth-order valence-electron chi connectivity index (χ4n) is 1.61. The van der Waals surface area contributed by atoms with E-state index in [-0.39, 0.29) is 26.4 Å². The summed E-state index contributed by atoms with van der Waals surface area (Å²) >= 11 is 0. The molecule has 1 saturated heterocycles. The zero-order valence-corrected chi connectivity index (χ0v) is 11.5. The van der Waals surface area contributed by atoms with Crippen LogP contribution in [-0.2, 0) is 30.6 Å². The van der Waals surface area contributed by atoms with E-state index in [4.69, 9.17) is 8.92 Å². The number of nitrogens with zero attached hydrogens (tertiary/aromatic N) is 1. The largest absolute Gasteiger partial charge is 0.447 e. The first-order chi connectivity index (χ1) is 9.59. The Morgan fingerprint density at radius 1 is 1.20 bits per heavy atom. The van der Waals surface area contributed by atoms with Crippen LogP contribution >= 0.6 is 0 Å². The number of carbonyl (C=O) groups is 1. The summed E-state index contributed by atoms with van der Waals surface area (Å²) in [7, 11) is -4.08. The smallest absolute Gasteiger partial charge is 0.425 e. The molecule has 0 saturated carbocycles. The van der Waals surface area contributed by atoms with Gasteiger partial charge in [-0.1, -0.05) is 30.3 Å². The number of carbonyl (C=O) groups excluding carboxylic acids is 1. The minimum absolute atomic E-state index is 0.0218. The molecule has 1 aliphatic heterocycles. The average Bonchev–Trinajstić information content (AvgIpc) is 2.86. The van der Waals surface area contributed by atoms with Gasteiger partial charge in [-0.3, -0.25) is 4.18 Å². The molecule has 1 heterocycles. The van der Waals surface area contributed by atoms with Crippen molar-refractivity contribution in [2.24, 2.45) is 0 Å². The molecule has 2 rings (SSSR count). The monoisotopic (exact) mass is 301 g/mol. The van der Waals surface area contributed by atoms with Crippen molar-refractivity contribution >= 4 is 16.4 Å². The summed E-state index contributed by atoms with van der Waals surface area (Å²) in [4.78, 5) is 11.1. The van der Waals surface area contributed by atoms with Gasteiger partial charge in [-0.15, -0.1) is 0 Å². The summed E-state index contributed by atoms with van der Waals surface area (Å²) in [5.41, 5.74) is 0.985. The molecule has 0 radical (unpaired) electrons. The molecule has 0 spiro atoms. The molecule has 0 N–H and O–H groups in total. The van der Waals surface area contributed by atoms with Crippen LogP contribution in [0.2, 0.25) is 0 Å². The third-order valence-corrected chi connectivity index (χ3v) is 3.90. The third kappa shape index (κ3) is 3.92. The zero-order valence-electron chi connectivity index (χ0n) is 10.7. The fourth-order valence-corrected chi connectivity index (χ4v) is 2.55. The number of cyclic esters (lactones) is 1. The molecule has 1 fully saturated rings. The molecule has 1 amide bonds. The predicted molar refractivity (Wildman–Crippen MR) is 69.0 cm³/mol. The summed E-state index contributed by atoms with van der Waals surface area (Å²) in [6.45, 7) is 0.351. The Morgan fingerprint density at radius 3 is 2.60 bits per heavy atom. The minimum atomic E-state index is -4.08. The molecule has 0 bridgehead atoms. The number of benzene rings is 1. The van der Waals surface area contributed by atoms with E-state index in [2.05, 4.69) is 4.74 Å². The second-order valence-electron chi connectivity index (χ2n) is 4.00. The standard InChI is InChI=1S/C12H15NO6S/c14-12-13(6-7-18-12)20(15,16)19-9-8-17-10-11-4-2-1-3-5-11/h1-5H,6-10H2. The van der Waals surface area contributed by atoms with E-state index in [9.17, 15) is 13.2 Å². The van der Waals surface area contributed by atoms with Crippen molar-refractivity contribution in [2.75, 3.05) is 26.4 Å². The Balaban J connectivity index is 1.69. The maximum atomic E-state index is 11.6. The van der Waals surface area contributed by atoms with Crippen molar-refractivity contribution in [3.63, 3.8) is 0 Å². The molecule has 0 unspecified atom stereocenters. The van der Waals surface area contributed by atoms with Gasteiger partial charge < -0.3 is 9.47 Å². The normalized spacial score (nSPS) is 15.4. The molecule has 0 aromatic heterocycles. The molecule has 0 atom stereocenters. The maximum absolute atomic E-state index is 11.6. The lowest BCUT2D eigenvalue weighted by Gasteiger charge is -2.12. The second-order valence-corrected chi connectivity index (χ2v) is 5.54. The van der Waals surface area contributed by atoms with E-state index in [1.807, 2.05) is 30.3 Å². The Labute approximate surface area is 117 Å². The van der Waals surface area contributed by atoms with Gasteiger partial charge in [-0.25, -0.2) is 4.79 Å². The van der Waals surface area contributed by atoms with Crippen molar-refractivity contribution < 1.29 is 26.9 Å². The van der Waals surface area contributed by atoms with Crippen molar-refractivity contribution in [1.82, 2.24) is 4.31 Å². The highest BCUT2D eigenvalue weighted by Gasteiger charge is 2.34. The molecule has 8 heteroatoms. The number of rotatable bonds is 7. The first-order valence-electron chi connectivity index (χ1n) is 6.05. The van der Waals surface area contributed by atoms with E-state index in [1.165, 1.54) is 0 Å². The summed E-state index contributed by atoms with van der Waals surface area (Å²) in [6, 6.07) is 9.47. The van der Waals surface area contributed by atoms with Gasteiger partial charge in [-0.05, 0) is 5.56 Å². The van der Waals surface area contributed by atoms with Crippen LogP contribution in [0.25, 0.3) is 0 Å². The number of hydrogen-bond donors (Lipinski definition) is 0. The lowest BCUT2D eigenvalue weighted by Crippen LogP contribution is -2.33. The highest BCUT2D eigenvalue weighted by Crippen LogP contribution is 2.11. The fraction of sp³-hybridized carbons (Fsp3) is 0.417. The molecule has 1 aromatic carbocycles. The molecular weight excluding hydrogens is 286 g/mol. The van der Waals surface area contributed by atoms with Crippen molar-refractivity contribution in [3.8, 4) is 0 Å². The van der Waals surface area contributed by atoms with Crippen molar-refractivity contribution in [1.29, 1.82) is 0 Å². The van der Waals surface area contributed by atoms with Crippen LogP contribution in [0.3, 0.4) is 0 Å².